The molecule has 6 nitrogen and oxygen atoms in total. The van der Waals surface area contributed by atoms with Crippen LogP contribution in [0.5, 0.6) is 0 Å². The Kier molecular flexibility index (Phi) is 5.86. The smallest absolute Gasteiger partial charge is 0.337 e. The largest absolute Gasteiger partial charge is 0.465 e. The van der Waals surface area contributed by atoms with Crippen molar-refractivity contribution in [3.8, 4) is 0 Å². The minimum Gasteiger partial charge on any atom is -0.465 e. The number of hydrogen-bond donors (Lipinski definition) is 2. The summed E-state index contributed by atoms with van der Waals surface area (Å²) in [5.41, 5.74) is 2.39. The van der Waals surface area contributed by atoms with Gasteiger partial charge in [-0.25, -0.2) is 4.79 Å². The highest BCUT2D eigenvalue weighted by Gasteiger charge is 2.22. The zero-order chi connectivity index (χ0) is 18.4. The molecule has 1 amide bonds. The number of benzene rings is 2. The summed E-state index contributed by atoms with van der Waals surface area (Å²) >= 11 is 0. The molecule has 1 aliphatic heterocycles. The van der Waals surface area contributed by atoms with E-state index in [9.17, 15) is 9.59 Å². The Labute approximate surface area is 153 Å². The maximum absolute atomic E-state index is 12.3. The highest BCUT2D eigenvalue weighted by molar-refractivity contribution is 5.93. The first-order valence-electron chi connectivity index (χ1n) is 8.77. The topological polar surface area (TPSA) is 63.1 Å². The average molecular weight is 354 g/mol. The number of hydrogen-bond acceptors (Lipinski definition) is 4. The molecule has 3 rings (SSSR count). The molecule has 26 heavy (non-hydrogen) atoms. The van der Waals surface area contributed by atoms with Gasteiger partial charge in [0.1, 0.15) is 0 Å². The fourth-order valence-electron chi connectivity index (χ4n) is 3.14. The number of methoxy groups -OCH3 is 1. The molecule has 6 heteroatoms. The number of amides is 1. The first kappa shape index (κ1) is 17.9. The SMILES string of the molecule is COC(=O)c1ccc(NC(=O)C[NH+]2CCN(c3ccccc3)CC2)cc1. The molecule has 0 bridgehead atoms. The van der Waals surface area contributed by atoms with Crippen LogP contribution >= 0.6 is 0 Å². The first-order chi connectivity index (χ1) is 12.7. The highest BCUT2D eigenvalue weighted by Crippen LogP contribution is 2.12. The van der Waals surface area contributed by atoms with E-state index < -0.39 is 0 Å². The summed E-state index contributed by atoms with van der Waals surface area (Å²) < 4.78 is 4.66. The number of rotatable bonds is 5. The van der Waals surface area contributed by atoms with Crippen molar-refractivity contribution in [1.29, 1.82) is 0 Å². The van der Waals surface area contributed by atoms with Crippen LogP contribution in [0.1, 0.15) is 10.4 Å². The fraction of sp³-hybridized carbons (Fsp3) is 0.300. The number of carbonyl (C=O) groups excluding carboxylic acids is 2. The summed E-state index contributed by atoms with van der Waals surface area (Å²) in [4.78, 5) is 27.3. The van der Waals surface area contributed by atoms with Crippen molar-refractivity contribution in [2.75, 3.05) is 50.1 Å². The minimum absolute atomic E-state index is 0.0148. The van der Waals surface area contributed by atoms with Gasteiger partial charge in [-0.1, -0.05) is 18.2 Å². The van der Waals surface area contributed by atoms with Crippen LogP contribution in [0.25, 0.3) is 0 Å². The van der Waals surface area contributed by atoms with Gasteiger partial charge in [-0.2, -0.15) is 0 Å². The summed E-state index contributed by atoms with van der Waals surface area (Å²) in [6.07, 6.45) is 0. The minimum atomic E-state index is -0.386. The van der Waals surface area contributed by atoms with Gasteiger partial charge in [-0.15, -0.1) is 0 Å². The van der Waals surface area contributed by atoms with Crippen molar-refractivity contribution in [3.63, 3.8) is 0 Å². The van der Waals surface area contributed by atoms with Crippen molar-refractivity contribution in [2.24, 2.45) is 0 Å². The van der Waals surface area contributed by atoms with E-state index >= 15 is 0 Å². The van der Waals surface area contributed by atoms with Crippen LogP contribution in [0.15, 0.2) is 54.6 Å². The number of para-hydroxylation sites is 1. The number of quaternary nitrogens is 1. The van der Waals surface area contributed by atoms with E-state index in [2.05, 4.69) is 27.1 Å². The second-order valence-electron chi connectivity index (χ2n) is 6.37. The maximum Gasteiger partial charge on any atom is 0.337 e. The molecule has 0 unspecified atom stereocenters. The Morgan fingerprint density at radius 3 is 2.31 bits per heavy atom. The van der Waals surface area contributed by atoms with Crippen molar-refractivity contribution in [1.82, 2.24) is 0 Å². The predicted octanol–water partition coefficient (Wildman–Crippen LogP) is 0.817. The van der Waals surface area contributed by atoms with E-state index in [1.807, 2.05) is 18.2 Å². The van der Waals surface area contributed by atoms with Gasteiger partial charge in [0.2, 0.25) is 0 Å². The van der Waals surface area contributed by atoms with Crippen LogP contribution in [0.4, 0.5) is 11.4 Å². The lowest BCUT2D eigenvalue weighted by Gasteiger charge is -2.33. The third-order valence-corrected chi connectivity index (χ3v) is 4.59. The molecule has 0 radical (unpaired) electrons. The highest BCUT2D eigenvalue weighted by atomic mass is 16.5. The number of piperazine rings is 1. The first-order valence-corrected chi connectivity index (χ1v) is 8.77. The lowest BCUT2D eigenvalue weighted by atomic mass is 10.2. The Morgan fingerprint density at radius 1 is 1.04 bits per heavy atom. The average Bonchev–Trinajstić information content (AvgIpc) is 2.69. The Hall–Kier alpha value is -2.86. The monoisotopic (exact) mass is 354 g/mol. The quantitative estimate of drug-likeness (QED) is 0.781. The van der Waals surface area contributed by atoms with Gasteiger partial charge in [0.15, 0.2) is 6.54 Å². The zero-order valence-corrected chi connectivity index (χ0v) is 14.9. The van der Waals surface area contributed by atoms with E-state index in [4.69, 9.17) is 0 Å². The third-order valence-electron chi connectivity index (χ3n) is 4.59. The normalized spacial score (nSPS) is 14.7. The van der Waals surface area contributed by atoms with Crippen LogP contribution in [0.3, 0.4) is 0 Å². The number of carbonyl (C=O) groups is 2. The van der Waals surface area contributed by atoms with Crippen LogP contribution in [-0.2, 0) is 9.53 Å². The predicted molar refractivity (Wildman–Crippen MR) is 101 cm³/mol. The van der Waals surface area contributed by atoms with Gasteiger partial charge in [0.25, 0.3) is 5.91 Å². The van der Waals surface area contributed by atoms with E-state index in [0.29, 0.717) is 17.8 Å². The molecule has 0 atom stereocenters. The fourth-order valence-corrected chi connectivity index (χ4v) is 3.14. The van der Waals surface area contributed by atoms with Gasteiger partial charge in [0, 0.05) is 11.4 Å². The second kappa shape index (κ2) is 8.49. The summed E-state index contributed by atoms with van der Waals surface area (Å²) in [6, 6.07) is 17.1. The van der Waals surface area contributed by atoms with Crippen LogP contribution in [0.2, 0.25) is 0 Å². The summed E-state index contributed by atoms with van der Waals surface area (Å²) in [5.74, 6) is -0.400. The summed E-state index contributed by atoms with van der Waals surface area (Å²) in [5, 5.41) is 2.89. The van der Waals surface area contributed by atoms with E-state index in [0.717, 1.165) is 26.2 Å². The van der Waals surface area contributed by atoms with Crippen molar-refractivity contribution < 1.29 is 19.2 Å². The molecule has 136 valence electrons. The Balaban J connectivity index is 1.46. The molecule has 2 aromatic rings. The molecule has 0 saturated carbocycles. The summed E-state index contributed by atoms with van der Waals surface area (Å²) in [7, 11) is 1.35. The van der Waals surface area contributed by atoms with Crippen LogP contribution in [-0.4, -0.2) is 51.7 Å². The molecule has 2 N–H and O–H groups in total. The lowest BCUT2D eigenvalue weighted by molar-refractivity contribution is -0.892. The summed E-state index contributed by atoms with van der Waals surface area (Å²) in [6.45, 7) is 4.20. The molecule has 1 aliphatic rings. The molecule has 0 spiro atoms. The van der Waals surface area contributed by atoms with Crippen molar-refractivity contribution >= 4 is 23.3 Å². The van der Waals surface area contributed by atoms with E-state index in [1.165, 1.54) is 17.7 Å². The number of ether oxygens (including phenoxy) is 1. The van der Waals surface area contributed by atoms with Crippen molar-refractivity contribution in [3.05, 3.63) is 60.2 Å². The molecule has 2 aromatic carbocycles. The molecule has 1 saturated heterocycles. The van der Waals surface area contributed by atoms with Crippen LogP contribution in [0, 0.1) is 0 Å². The standard InChI is InChI=1S/C20H23N3O3/c1-26-20(25)16-7-9-17(10-8-16)21-19(24)15-22-11-13-23(14-12-22)18-5-3-2-4-6-18/h2-10H,11-15H2,1H3,(H,21,24)/p+1. The van der Waals surface area contributed by atoms with Gasteiger partial charge >= 0.3 is 5.97 Å². The molecule has 0 aliphatic carbocycles. The van der Waals surface area contributed by atoms with Crippen LogP contribution < -0.4 is 15.1 Å². The van der Waals surface area contributed by atoms with Gasteiger partial charge < -0.3 is 19.9 Å². The zero-order valence-electron chi connectivity index (χ0n) is 14.9. The number of nitrogens with zero attached hydrogens (tertiary/aromatic N) is 1. The van der Waals surface area contributed by atoms with Gasteiger partial charge in [0.05, 0.1) is 38.9 Å². The molecule has 1 heterocycles. The van der Waals surface area contributed by atoms with Gasteiger partial charge in [-0.3, -0.25) is 4.79 Å². The lowest BCUT2D eigenvalue weighted by Crippen LogP contribution is -3.15. The molecular formula is C20H24N3O3+. The molecule has 0 aromatic heterocycles. The number of nitrogens with one attached hydrogen (secondary N) is 2. The van der Waals surface area contributed by atoms with E-state index in [-0.39, 0.29) is 11.9 Å². The second-order valence-corrected chi connectivity index (χ2v) is 6.37. The number of esters is 1. The molecular weight excluding hydrogens is 330 g/mol. The Bertz CT molecular complexity index is 739. The van der Waals surface area contributed by atoms with Crippen molar-refractivity contribution in [2.45, 2.75) is 0 Å². The molecule has 1 fully saturated rings. The van der Waals surface area contributed by atoms with E-state index in [1.54, 1.807) is 24.3 Å². The Morgan fingerprint density at radius 2 is 1.69 bits per heavy atom. The maximum atomic E-state index is 12.3. The van der Waals surface area contributed by atoms with Gasteiger partial charge in [-0.05, 0) is 36.4 Å². The third kappa shape index (κ3) is 4.61. The number of anilines is 2.